The van der Waals surface area contributed by atoms with E-state index >= 15 is 0 Å². The van der Waals surface area contributed by atoms with E-state index in [9.17, 15) is 14.9 Å². The number of ether oxygens (including phenoxy) is 1. The Balaban J connectivity index is 1.92. The van der Waals surface area contributed by atoms with E-state index in [4.69, 9.17) is 4.74 Å². The second-order valence-electron chi connectivity index (χ2n) is 6.99. The molecule has 5 heteroatoms. The van der Waals surface area contributed by atoms with Gasteiger partial charge in [-0.05, 0) is 44.0 Å². The van der Waals surface area contributed by atoms with E-state index < -0.39 is 5.78 Å². The Morgan fingerprint density at radius 2 is 1.73 bits per heavy atom. The number of H-pyrrole nitrogens is 1. The fourth-order valence-corrected chi connectivity index (χ4v) is 3.41. The van der Waals surface area contributed by atoms with Gasteiger partial charge < -0.3 is 9.72 Å². The van der Waals surface area contributed by atoms with Gasteiger partial charge in [-0.1, -0.05) is 48.5 Å². The van der Waals surface area contributed by atoms with E-state index in [1.807, 2.05) is 48.5 Å². The summed E-state index contributed by atoms with van der Waals surface area (Å²) in [5.41, 5.74) is 3.53. The number of hydrogen-bond donors (Lipinski definition) is 1. The number of aromatic nitrogens is 1. The number of rotatable bonds is 7. The minimum atomic E-state index is -0.455. The van der Waals surface area contributed by atoms with Gasteiger partial charge in [0.15, 0.2) is 5.78 Å². The van der Waals surface area contributed by atoms with Crippen LogP contribution in [0.2, 0.25) is 0 Å². The number of carbonyl (C=O) groups is 2. The first-order valence-electron chi connectivity index (χ1n) is 9.54. The molecule has 5 nitrogen and oxygen atoms in total. The normalized spacial score (nSPS) is 11.1. The van der Waals surface area contributed by atoms with Crippen LogP contribution in [-0.4, -0.2) is 16.6 Å². The van der Waals surface area contributed by atoms with Crippen molar-refractivity contribution in [1.29, 1.82) is 5.26 Å². The third-order valence-electron chi connectivity index (χ3n) is 4.84. The zero-order valence-electron chi connectivity index (χ0n) is 17.2. The molecule has 0 fully saturated rings. The predicted octanol–water partition coefficient (Wildman–Crippen LogP) is 5.20. The van der Waals surface area contributed by atoms with Crippen molar-refractivity contribution < 1.29 is 14.3 Å². The minimum Gasteiger partial charge on any atom is -0.488 e. The fourth-order valence-electron chi connectivity index (χ4n) is 3.41. The van der Waals surface area contributed by atoms with Crippen LogP contribution in [-0.2, 0) is 6.61 Å². The molecule has 0 amide bonds. The number of aryl methyl sites for hydroxylation is 1. The standard InChI is InChI=1S/C25H22N2O3/c1-16-23(18(3)28)17(2)27-24(16)25(29)21(14-26)13-20-11-7-8-12-22(20)30-15-19-9-5-4-6-10-19/h4-13,27H,15H2,1-3H3. The third-order valence-corrected chi connectivity index (χ3v) is 4.84. The van der Waals surface area contributed by atoms with Crippen LogP contribution in [0.25, 0.3) is 6.08 Å². The Morgan fingerprint density at radius 3 is 2.37 bits per heavy atom. The van der Waals surface area contributed by atoms with Crippen LogP contribution in [0.5, 0.6) is 5.75 Å². The third kappa shape index (κ3) is 4.39. The average molecular weight is 398 g/mol. The monoisotopic (exact) mass is 398 g/mol. The van der Waals surface area contributed by atoms with E-state index in [2.05, 4.69) is 4.98 Å². The summed E-state index contributed by atoms with van der Waals surface area (Å²) in [4.78, 5) is 27.8. The summed E-state index contributed by atoms with van der Waals surface area (Å²) in [7, 11) is 0. The number of para-hydroxylation sites is 1. The Kier molecular flexibility index (Phi) is 6.29. The molecular formula is C25H22N2O3. The summed E-state index contributed by atoms with van der Waals surface area (Å²) in [5, 5.41) is 9.63. The van der Waals surface area contributed by atoms with Gasteiger partial charge >= 0.3 is 0 Å². The van der Waals surface area contributed by atoms with Gasteiger partial charge in [-0.2, -0.15) is 5.26 Å². The molecule has 30 heavy (non-hydrogen) atoms. The summed E-state index contributed by atoms with van der Waals surface area (Å²) >= 11 is 0. The summed E-state index contributed by atoms with van der Waals surface area (Å²) < 4.78 is 5.91. The summed E-state index contributed by atoms with van der Waals surface area (Å²) in [6.45, 7) is 5.28. The first-order chi connectivity index (χ1) is 14.4. The number of nitriles is 1. The van der Waals surface area contributed by atoms with Crippen molar-refractivity contribution >= 4 is 17.6 Å². The van der Waals surface area contributed by atoms with E-state index in [0.29, 0.717) is 34.7 Å². The van der Waals surface area contributed by atoms with Crippen LogP contribution >= 0.6 is 0 Å². The smallest absolute Gasteiger partial charge is 0.219 e. The van der Waals surface area contributed by atoms with Crippen molar-refractivity contribution in [3.8, 4) is 11.8 Å². The molecule has 0 radical (unpaired) electrons. The highest BCUT2D eigenvalue weighted by molar-refractivity contribution is 6.15. The molecule has 0 saturated heterocycles. The topological polar surface area (TPSA) is 83.0 Å². The number of benzene rings is 2. The fraction of sp³-hybridized carbons (Fsp3) is 0.160. The summed E-state index contributed by atoms with van der Waals surface area (Å²) in [6, 6.07) is 19.0. The predicted molar refractivity (Wildman–Crippen MR) is 115 cm³/mol. The Hall–Kier alpha value is -3.91. The quantitative estimate of drug-likeness (QED) is 0.337. The van der Waals surface area contributed by atoms with Crippen LogP contribution < -0.4 is 4.74 Å². The van der Waals surface area contributed by atoms with Crippen LogP contribution in [0.4, 0.5) is 0 Å². The lowest BCUT2D eigenvalue weighted by Gasteiger charge is -2.09. The lowest BCUT2D eigenvalue weighted by molar-refractivity contribution is 0.101. The molecule has 0 aliphatic rings. The number of allylic oxidation sites excluding steroid dienone is 1. The summed E-state index contributed by atoms with van der Waals surface area (Å²) in [5.74, 6) is -0.00313. The first-order valence-corrected chi connectivity index (χ1v) is 9.54. The molecule has 0 aliphatic heterocycles. The van der Waals surface area contributed by atoms with E-state index in [1.165, 1.54) is 13.0 Å². The van der Waals surface area contributed by atoms with Gasteiger partial charge in [-0.3, -0.25) is 9.59 Å². The van der Waals surface area contributed by atoms with E-state index in [-0.39, 0.29) is 17.1 Å². The van der Waals surface area contributed by atoms with Gasteiger partial charge in [0, 0.05) is 16.8 Å². The van der Waals surface area contributed by atoms with Crippen molar-refractivity contribution in [3.05, 3.63) is 93.8 Å². The second-order valence-corrected chi connectivity index (χ2v) is 6.99. The molecule has 0 aliphatic carbocycles. The maximum absolute atomic E-state index is 13.0. The highest BCUT2D eigenvalue weighted by atomic mass is 16.5. The SMILES string of the molecule is CC(=O)c1c(C)[nH]c(C(=O)C(C#N)=Cc2ccccc2OCc2ccccc2)c1C. The first kappa shape index (κ1) is 20.8. The molecule has 0 bridgehead atoms. The number of nitrogens with one attached hydrogen (secondary N) is 1. The number of Topliss-reactive ketones (excluding diaryl/α,β-unsaturated/α-hetero) is 2. The highest BCUT2D eigenvalue weighted by Crippen LogP contribution is 2.25. The van der Waals surface area contributed by atoms with Gasteiger partial charge in [-0.25, -0.2) is 0 Å². The maximum atomic E-state index is 13.0. The number of ketones is 2. The number of carbonyl (C=O) groups excluding carboxylic acids is 2. The average Bonchev–Trinajstić information content (AvgIpc) is 3.05. The Labute approximate surface area is 175 Å². The zero-order chi connectivity index (χ0) is 21.7. The molecule has 0 unspecified atom stereocenters. The molecule has 0 saturated carbocycles. The lowest BCUT2D eigenvalue weighted by Crippen LogP contribution is -2.05. The van der Waals surface area contributed by atoms with Crippen molar-refractivity contribution in [1.82, 2.24) is 4.98 Å². The van der Waals surface area contributed by atoms with Gasteiger partial charge in [0.05, 0.1) is 5.69 Å². The second kappa shape index (κ2) is 9.06. The summed E-state index contributed by atoms with van der Waals surface area (Å²) in [6.07, 6.45) is 1.52. The minimum absolute atomic E-state index is 0.0368. The molecule has 0 atom stereocenters. The van der Waals surface area contributed by atoms with E-state index in [1.54, 1.807) is 26.0 Å². The van der Waals surface area contributed by atoms with Crippen LogP contribution in [0, 0.1) is 25.2 Å². The van der Waals surface area contributed by atoms with Crippen molar-refractivity contribution in [2.24, 2.45) is 0 Å². The molecule has 1 N–H and O–H groups in total. The van der Waals surface area contributed by atoms with Gasteiger partial charge in [0.25, 0.3) is 0 Å². The molecule has 3 rings (SSSR count). The van der Waals surface area contributed by atoms with E-state index in [0.717, 1.165) is 5.56 Å². The molecule has 3 aromatic rings. The molecule has 1 heterocycles. The van der Waals surface area contributed by atoms with Crippen molar-refractivity contribution in [2.45, 2.75) is 27.4 Å². The van der Waals surface area contributed by atoms with Crippen LogP contribution in [0.1, 0.15) is 50.2 Å². The largest absolute Gasteiger partial charge is 0.488 e. The number of nitrogens with zero attached hydrogens (tertiary/aromatic N) is 1. The molecule has 1 aromatic heterocycles. The van der Waals surface area contributed by atoms with Crippen LogP contribution in [0.3, 0.4) is 0 Å². The molecular weight excluding hydrogens is 376 g/mol. The van der Waals surface area contributed by atoms with Crippen molar-refractivity contribution in [3.63, 3.8) is 0 Å². The Morgan fingerprint density at radius 1 is 1.07 bits per heavy atom. The van der Waals surface area contributed by atoms with Crippen molar-refractivity contribution in [2.75, 3.05) is 0 Å². The zero-order valence-corrected chi connectivity index (χ0v) is 17.2. The Bertz CT molecular complexity index is 1160. The highest BCUT2D eigenvalue weighted by Gasteiger charge is 2.22. The number of aromatic amines is 1. The molecule has 0 spiro atoms. The van der Waals surface area contributed by atoms with Gasteiger partial charge in [-0.15, -0.1) is 0 Å². The molecule has 150 valence electrons. The lowest BCUT2D eigenvalue weighted by atomic mass is 10.0. The maximum Gasteiger partial charge on any atom is 0.219 e. The molecule has 2 aromatic carbocycles. The van der Waals surface area contributed by atoms with Crippen LogP contribution in [0.15, 0.2) is 60.2 Å². The van der Waals surface area contributed by atoms with Gasteiger partial charge in [0.1, 0.15) is 24.0 Å². The van der Waals surface area contributed by atoms with Gasteiger partial charge in [0.2, 0.25) is 5.78 Å². The number of hydrogen-bond acceptors (Lipinski definition) is 4.